The zero-order chi connectivity index (χ0) is 20.4. The largest absolute Gasteiger partial charge is 0.453 e. The lowest BCUT2D eigenvalue weighted by Gasteiger charge is -2.28. The second-order valence-corrected chi connectivity index (χ2v) is 7.37. The van der Waals surface area contributed by atoms with Crippen LogP contribution in [0.2, 0.25) is 0 Å². The number of fused-ring (bicyclic) bond motifs is 1. The van der Waals surface area contributed by atoms with Crippen LogP contribution in [0.25, 0.3) is 0 Å². The van der Waals surface area contributed by atoms with Gasteiger partial charge in [-0.05, 0) is 37.0 Å². The fraction of sp³-hybridized carbons (Fsp3) is 0.304. The van der Waals surface area contributed by atoms with Gasteiger partial charge in [0.25, 0.3) is 11.8 Å². The molecule has 0 saturated heterocycles. The Kier molecular flexibility index (Phi) is 5.25. The number of rotatable bonds is 5. The molecule has 2 atom stereocenters. The molecular weight excluding hydrogens is 370 g/mol. The van der Waals surface area contributed by atoms with E-state index in [0.29, 0.717) is 12.8 Å². The predicted molar refractivity (Wildman–Crippen MR) is 104 cm³/mol. The third-order valence-electron chi connectivity index (χ3n) is 5.44. The van der Waals surface area contributed by atoms with Gasteiger partial charge >= 0.3 is 5.97 Å². The highest BCUT2D eigenvalue weighted by molar-refractivity contribution is 6.22. The molecule has 6 heteroatoms. The van der Waals surface area contributed by atoms with E-state index in [9.17, 15) is 19.2 Å². The third kappa shape index (κ3) is 3.70. The highest BCUT2D eigenvalue weighted by Crippen LogP contribution is 2.27. The van der Waals surface area contributed by atoms with E-state index in [4.69, 9.17) is 4.74 Å². The molecule has 2 aliphatic rings. The van der Waals surface area contributed by atoms with Crippen molar-refractivity contribution in [3.8, 4) is 0 Å². The van der Waals surface area contributed by atoms with Gasteiger partial charge in [-0.3, -0.25) is 19.3 Å². The van der Waals surface area contributed by atoms with Crippen LogP contribution in [0, 0.1) is 0 Å². The highest BCUT2D eigenvalue weighted by Gasteiger charge is 2.44. The number of Topliss-reactive ketones (excluding diaryl/α,β-unsaturated/α-hetero) is 1. The maximum absolute atomic E-state index is 13.1. The number of hydrogen-bond donors (Lipinski definition) is 0. The number of esters is 1. The molecule has 2 aromatic rings. The monoisotopic (exact) mass is 391 g/mol. The highest BCUT2D eigenvalue weighted by atomic mass is 16.5. The fourth-order valence-electron chi connectivity index (χ4n) is 3.90. The van der Waals surface area contributed by atoms with Crippen molar-refractivity contribution < 1.29 is 23.9 Å². The number of carbonyl (C=O) groups excluding carboxylic acids is 4. The molecule has 29 heavy (non-hydrogen) atoms. The van der Waals surface area contributed by atoms with Gasteiger partial charge in [-0.1, -0.05) is 42.5 Å². The lowest BCUT2D eigenvalue weighted by Crippen LogP contribution is -2.48. The van der Waals surface area contributed by atoms with E-state index in [0.717, 1.165) is 23.3 Å². The molecule has 2 aromatic carbocycles. The van der Waals surface area contributed by atoms with Gasteiger partial charge < -0.3 is 4.74 Å². The van der Waals surface area contributed by atoms with E-state index < -0.39 is 29.9 Å². The fourth-order valence-corrected chi connectivity index (χ4v) is 3.90. The number of carbonyl (C=O) groups is 4. The Bertz CT molecular complexity index is 933. The summed E-state index contributed by atoms with van der Waals surface area (Å²) < 4.78 is 5.51. The topological polar surface area (TPSA) is 80.8 Å². The standard InChI is InChI=1S/C23H21NO5/c25-19-12-6-7-13-20(19)29-23(28)18(14-15-8-2-1-3-9-15)24-21(26)16-10-4-5-11-17(16)22(24)27/h1-5,8-11,18,20H,6-7,12-14H2/t18-,20-/m0/s1. The summed E-state index contributed by atoms with van der Waals surface area (Å²) in [5.74, 6) is -1.86. The Labute approximate surface area is 168 Å². The van der Waals surface area contributed by atoms with Gasteiger partial charge in [0.05, 0.1) is 11.1 Å². The summed E-state index contributed by atoms with van der Waals surface area (Å²) in [5, 5.41) is 0. The Morgan fingerprint density at radius 3 is 2.17 bits per heavy atom. The molecule has 148 valence electrons. The second-order valence-electron chi connectivity index (χ2n) is 7.37. The first-order chi connectivity index (χ1) is 14.1. The van der Waals surface area contributed by atoms with Gasteiger partial charge in [0.15, 0.2) is 11.9 Å². The number of ether oxygens (including phenoxy) is 1. The van der Waals surface area contributed by atoms with Crippen LogP contribution in [-0.2, 0) is 20.7 Å². The molecular formula is C23H21NO5. The zero-order valence-corrected chi connectivity index (χ0v) is 15.9. The van der Waals surface area contributed by atoms with Crippen molar-refractivity contribution in [1.29, 1.82) is 0 Å². The molecule has 0 unspecified atom stereocenters. The van der Waals surface area contributed by atoms with E-state index in [1.807, 2.05) is 30.3 Å². The molecule has 4 rings (SSSR count). The second kappa shape index (κ2) is 7.99. The first kappa shape index (κ1) is 19.1. The number of nitrogens with zero attached hydrogens (tertiary/aromatic N) is 1. The minimum atomic E-state index is -1.13. The molecule has 2 amide bonds. The maximum Gasteiger partial charge on any atom is 0.330 e. The molecule has 0 aromatic heterocycles. The van der Waals surface area contributed by atoms with Crippen molar-refractivity contribution in [1.82, 2.24) is 4.90 Å². The quantitative estimate of drug-likeness (QED) is 0.578. The van der Waals surface area contributed by atoms with Crippen LogP contribution in [0.15, 0.2) is 54.6 Å². The smallest absolute Gasteiger partial charge is 0.330 e. The van der Waals surface area contributed by atoms with E-state index in [2.05, 4.69) is 0 Å². The Balaban J connectivity index is 1.64. The molecule has 1 aliphatic heterocycles. The van der Waals surface area contributed by atoms with Gasteiger partial charge in [0, 0.05) is 12.8 Å². The van der Waals surface area contributed by atoms with Crippen LogP contribution in [0.1, 0.15) is 52.0 Å². The van der Waals surface area contributed by atoms with Gasteiger partial charge in [-0.25, -0.2) is 4.79 Å². The summed E-state index contributed by atoms with van der Waals surface area (Å²) in [6.07, 6.45) is 1.79. The lowest BCUT2D eigenvalue weighted by atomic mass is 9.96. The molecule has 1 saturated carbocycles. The van der Waals surface area contributed by atoms with E-state index >= 15 is 0 Å². The molecule has 0 spiro atoms. The number of amides is 2. The predicted octanol–water partition coefficient (Wildman–Crippen LogP) is 2.95. The van der Waals surface area contributed by atoms with Crippen LogP contribution < -0.4 is 0 Å². The molecule has 6 nitrogen and oxygen atoms in total. The van der Waals surface area contributed by atoms with Gasteiger partial charge in [0.1, 0.15) is 6.04 Å². The van der Waals surface area contributed by atoms with Gasteiger partial charge in [0.2, 0.25) is 0 Å². The van der Waals surface area contributed by atoms with Gasteiger partial charge in [-0.2, -0.15) is 0 Å². The molecule has 0 radical (unpaired) electrons. The molecule has 0 bridgehead atoms. The van der Waals surface area contributed by atoms with Crippen LogP contribution in [0.4, 0.5) is 0 Å². The van der Waals surface area contributed by atoms with E-state index in [1.54, 1.807) is 24.3 Å². The number of ketones is 1. The zero-order valence-electron chi connectivity index (χ0n) is 15.9. The van der Waals surface area contributed by atoms with Crippen molar-refractivity contribution in [2.24, 2.45) is 0 Å². The first-order valence-electron chi connectivity index (χ1n) is 9.80. The third-order valence-corrected chi connectivity index (χ3v) is 5.44. The summed E-state index contributed by atoms with van der Waals surface area (Å²) in [7, 11) is 0. The van der Waals surface area contributed by atoms with Crippen molar-refractivity contribution in [2.75, 3.05) is 0 Å². The van der Waals surface area contributed by atoms with Crippen LogP contribution in [-0.4, -0.2) is 40.6 Å². The molecule has 1 fully saturated rings. The van der Waals surface area contributed by atoms with Crippen molar-refractivity contribution in [2.45, 2.75) is 44.2 Å². The summed E-state index contributed by atoms with van der Waals surface area (Å²) >= 11 is 0. The Morgan fingerprint density at radius 1 is 0.931 bits per heavy atom. The Hall–Kier alpha value is -3.28. The normalized spacial score (nSPS) is 19.8. The van der Waals surface area contributed by atoms with Crippen molar-refractivity contribution in [3.63, 3.8) is 0 Å². The molecule has 1 heterocycles. The summed E-state index contributed by atoms with van der Waals surface area (Å²) in [6, 6.07) is 14.5. The number of hydrogen-bond acceptors (Lipinski definition) is 5. The van der Waals surface area contributed by atoms with Crippen LogP contribution in [0.3, 0.4) is 0 Å². The van der Waals surface area contributed by atoms with E-state index in [-0.39, 0.29) is 23.3 Å². The van der Waals surface area contributed by atoms with E-state index in [1.165, 1.54) is 0 Å². The maximum atomic E-state index is 13.1. The average Bonchev–Trinajstić information content (AvgIpc) is 2.99. The first-order valence-corrected chi connectivity index (χ1v) is 9.80. The van der Waals surface area contributed by atoms with Crippen molar-refractivity contribution >= 4 is 23.6 Å². The Morgan fingerprint density at radius 2 is 1.55 bits per heavy atom. The molecule has 1 aliphatic carbocycles. The SMILES string of the molecule is O=C1CCCC[C@@H]1OC(=O)[C@H](Cc1ccccc1)N1C(=O)c2ccccc2C1=O. The summed E-state index contributed by atoms with van der Waals surface area (Å²) in [4.78, 5) is 52.0. The van der Waals surface area contributed by atoms with Crippen molar-refractivity contribution in [3.05, 3.63) is 71.3 Å². The minimum Gasteiger partial charge on any atom is -0.453 e. The van der Waals surface area contributed by atoms with Crippen LogP contribution >= 0.6 is 0 Å². The lowest BCUT2D eigenvalue weighted by molar-refractivity contribution is -0.160. The number of imide groups is 1. The van der Waals surface area contributed by atoms with Crippen LogP contribution in [0.5, 0.6) is 0 Å². The minimum absolute atomic E-state index is 0.106. The average molecular weight is 391 g/mol. The van der Waals surface area contributed by atoms with Gasteiger partial charge in [-0.15, -0.1) is 0 Å². The summed E-state index contributed by atoms with van der Waals surface area (Å²) in [5.41, 5.74) is 1.34. The molecule has 0 N–H and O–H groups in total. The number of benzene rings is 2. The summed E-state index contributed by atoms with van der Waals surface area (Å²) in [6.45, 7) is 0.